The Morgan fingerprint density at radius 1 is 1.32 bits per heavy atom. The summed E-state index contributed by atoms with van der Waals surface area (Å²) < 4.78 is 2.65. The molecule has 0 spiro atoms. The van der Waals surface area contributed by atoms with E-state index in [-0.39, 0.29) is 0 Å². The van der Waals surface area contributed by atoms with Gasteiger partial charge in [0.15, 0.2) is 4.77 Å². The first kappa shape index (κ1) is 12.0. The Labute approximate surface area is 116 Å². The Balaban J connectivity index is 2.30. The van der Waals surface area contributed by atoms with Crippen LogP contribution in [0.4, 0.5) is 0 Å². The summed E-state index contributed by atoms with van der Waals surface area (Å²) in [6.45, 7) is 2.13. The van der Waals surface area contributed by atoms with Crippen molar-refractivity contribution in [3.05, 3.63) is 47.3 Å². The topological polar surface area (TPSA) is 46.5 Å². The summed E-state index contributed by atoms with van der Waals surface area (Å²) in [5.41, 5.74) is 1.06. The van der Waals surface area contributed by atoms with Gasteiger partial charge in [0.2, 0.25) is 0 Å². The van der Waals surface area contributed by atoms with Crippen LogP contribution in [0, 0.1) is 4.77 Å². The largest absolute Gasteiger partial charge is 0.272 e. The highest BCUT2D eigenvalue weighted by Gasteiger charge is 2.10. The summed E-state index contributed by atoms with van der Waals surface area (Å²) in [4.78, 5) is 4.16. The van der Waals surface area contributed by atoms with Gasteiger partial charge in [-0.3, -0.25) is 14.6 Å². The minimum absolute atomic E-state index is 0.632. The van der Waals surface area contributed by atoms with Crippen LogP contribution < -0.4 is 0 Å². The van der Waals surface area contributed by atoms with Gasteiger partial charge in [0.25, 0.3) is 0 Å². The van der Waals surface area contributed by atoms with E-state index in [1.807, 2.05) is 22.9 Å². The average Bonchev–Trinajstić information content (AvgIpc) is 2.80. The summed E-state index contributed by atoms with van der Waals surface area (Å²) in [5.74, 6) is 0.969. The molecule has 0 fully saturated rings. The summed E-state index contributed by atoms with van der Waals surface area (Å²) in [6.07, 6.45) is 5.59. The molecule has 0 amide bonds. The molecule has 2 aromatic heterocycles. The Hall–Kier alpha value is -2.01. The fourth-order valence-corrected chi connectivity index (χ4v) is 2.52. The van der Waals surface area contributed by atoms with Crippen molar-refractivity contribution < 1.29 is 0 Å². The highest BCUT2D eigenvalue weighted by molar-refractivity contribution is 7.71. The first-order valence-electron chi connectivity index (χ1n) is 6.30. The van der Waals surface area contributed by atoms with Gasteiger partial charge in [-0.05, 0) is 30.8 Å². The van der Waals surface area contributed by atoms with Crippen LogP contribution >= 0.6 is 12.2 Å². The molecule has 0 saturated heterocycles. The summed E-state index contributed by atoms with van der Waals surface area (Å²) >= 11 is 5.36. The van der Waals surface area contributed by atoms with Crippen molar-refractivity contribution in [1.82, 2.24) is 19.7 Å². The molecular weight excluding hydrogens is 256 g/mol. The average molecular weight is 270 g/mol. The number of fused-ring (bicyclic) bond motifs is 1. The van der Waals surface area contributed by atoms with Crippen LogP contribution in [0.5, 0.6) is 0 Å². The molecule has 1 aromatic carbocycles. The highest BCUT2D eigenvalue weighted by atomic mass is 32.1. The van der Waals surface area contributed by atoms with Crippen molar-refractivity contribution >= 4 is 23.0 Å². The Morgan fingerprint density at radius 2 is 2.21 bits per heavy atom. The predicted molar refractivity (Wildman–Crippen MR) is 78.0 cm³/mol. The molecule has 0 aliphatic rings. The second kappa shape index (κ2) is 4.93. The third-order valence-corrected chi connectivity index (χ3v) is 3.39. The lowest BCUT2D eigenvalue weighted by atomic mass is 10.1. The van der Waals surface area contributed by atoms with Gasteiger partial charge in [0.1, 0.15) is 5.82 Å². The molecule has 96 valence electrons. The van der Waals surface area contributed by atoms with E-state index in [4.69, 9.17) is 12.2 Å². The molecule has 0 saturated carbocycles. The van der Waals surface area contributed by atoms with E-state index in [1.165, 1.54) is 0 Å². The first-order valence-corrected chi connectivity index (χ1v) is 6.71. The Bertz CT molecular complexity index is 767. The smallest absolute Gasteiger partial charge is 0.199 e. The molecule has 0 aliphatic heterocycles. The van der Waals surface area contributed by atoms with Gasteiger partial charge < -0.3 is 0 Å². The molecule has 19 heavy (non-hydrogen) atoms. The van der Waals surface area contributed by atoms with Crippen molar-refractivity contribution in [3.63, 3.8) is 0 Å². The van der Waals surface area contributed by atoms with Crippen LogP contribution in [0.1, 0.15) is 19.2 Å². The molecule has 0 aliphatic carbocycles. The fourth-order valence-electron chi connectivity index (χ4n) is 2.27. The van der Waals surface area contributed by atoms with Crippen LogP contribution in [-0.2, 0) is 6.42 Å². The van der Waals surface area contributed by atoms with E-state index >= 15 is 0 Å². The number of nitrogens with one attached hydrogen (secondary N) is 1. The van der Waals surface area contributed by atoms with Crippen molar-refractivity contribution in [1.29, 1.82) is 0 Å². The zero-order valence-electron chi connectivity index (χ0n) is 10.6. The molecule has 4 nitrogen and oxygen atoms in total. The highest BCUT2D eigenvalue weighted by Crippen LogP contribution is 2.22. The summed E-state index contributed by atoms with van der Waals surface area (Å²) in [6, 6.07) is 8.14. The van der Waals surface area contributed by atoms with Gasteiger partial charge in [0, 0.05) is 29.6 Å². The standard InChI is InChI=1S/C14H14N4S/c1-2-4-13-16-17-14(19)18(13)12-6-3-5-10-9-15-8-7-11(10)12/h3,5-9H,2,4H2,1H3,(H,17,19). The SMILES string of the molecule is CCCc1n[nH]c(=S)n1-c1cccc2cnccc12. The molecule has 5 heteroatoms. The fraction of sp³-hybridized carbons (Fsp3) is 0.214. The number of nitrogens with zero attached hydrogens (tertiary/aromatic N) is 3. The number of aromatic amines is 1. The van der Waals surface area contributed by atoms with Gasteiger partial charge in [-0.15, -0.1) is 0 Å². The number of H-pyrrole nitrogens is 1. The Morgan fingerprint density at radius 3 is 3.05 bits per heavy atom. The lowest BCUT2D eigenvalue weighted by Gasteiger charge is -2.09. The lowest BCUT2D eigenvalue weighted by Crippen LogP contribution is -2.02. The molecular formula is C14H14N4S. The molecule has 0 unspecified atom stereocenters. The molecule has 3 rings (SSSR count). The van der Waals surface area contributed by atoms with Crippen LogP contribution in [0.15, 0.2) is 36.7 Å². The monoisotopic (exact) mass is 270 g/mol. The quantitative estimate of drug-likeness (QED) is 0.742. The summed E-state index contributed by atoms with van der Waals surface area (Å²) in [5, 5.41) is 9.44. The molecule has 2 heterocycles. The zero-order chi connectivity index (χ0) is 13.2. The number of rotatable bonds is 3. The maximum Gasteiger partial charge on any atom is 0.199 e. The molecule has 3 aromatic rings. The maximum atomic E-state index is 5.36. The van der Waals surface area contributed by atoms with Crippen LogP contribution in [0.25, 0.3) is 16.5 Å². The molecule has 0 radical (unpaired) electrons. The minimum Gasteiger partial charge on any atom is -0.272 e. The van der Waals surface area contributed by atoms with E-state index in [9.17, 15) is 0 Å². The second-order valence-corrected chi connectivity index (χ2v) is 4.79. The lowest BCUT2D eigenvalue weighted by molar-refractivity contribution is 0.803. The van der Waals surface area contributed by atoms with E-state index in [0.717, 1.165) is 35.1 Å². The van der Waals surface area contributed by atoms with Gasteiger partial charge in [0.05, 0.1) is 5.69 Å². The van der Waals surface area contributed by atoms with Crippen molar-refractivity contribution in [3.8, 4) is 5.69 Å². The normalized spacial score (nSPS) is 11.0. The number of hydrogen-bond donors (Lipinski definition) is 1. The van der Waals surface area contributed by atoms with Gasteiger partial charge in [-0.25, -0.2) is 0 Å². The van der Waals surface area contributed by atoms with Gasteiger partial charge in [-0.2, -0.15) is 5.10 Å². The van der Waals surface area contributed by atoms with E-state index in [2.05, 4.69) is 34.2 Å². The van der Waals surface area contributed by atoms with E-state index < -0.39 is 0 Å². The van der Waals surface area contributed by atoms with Crippen molar-refractivity contribution in [2.45, 2.75) is 19.8 Å². The number of aromatic nitrogens is 4. The van der Waals surface area contributed by atoms with Crippen LogP contribution in [-0.4, -0.2) is 19.7 Å². The van der Waals surface area contributed by atoms with Gasteiger partial charge >= 0.3 is 0 Å². The maximum absolute atomic E-state index is 5.36. The molecule has 0 bridgehead atoms. The van der Waals surface area contributed by atoms with E-state index in [1.54, 1.807) is 6.20 Å². The van der Waals surface area contributed by atoms with E-state index in [0.29, 0.717) is 4.77 Å². The number of pyridine rings is 1. The first-order chi connectivity index (χ1) is 9.31. The van der Waals surface area contributed by atoms with Gasteiger partial charge in [-0.1, -0.05) is 19.1 Å². The predicted octanol–water partition coefficient (Wildman–Crippen LogP) is 3.43. The third kappa shape index (κ3) is 2.06. The Kier molecular flexibility index (Phi) is 3.13. The zero-order valence-corrected chi connectivity index (χ0v) is 11.4. The third-order valence-electron chi connectivity index (χ3n) is 3.11. The van der Waals surface area contributed by atoms with Crippen LogP contribution in [0.3, 0.4) is 0 Å². The number of benzene rings is 1. The number of hydrogen-bond acceptors (Lipinski definition) is 3. The second-order valence-electron chi connectivity index (χ2n) is 4.40. The van der Waals surface area contributed by atoms with Crippen molar-refractivity contribution in [2.75, 3.05) is 0 Å². The van der Waals surface area contributed by atoms with Crippen LogP contribution in [0.2, 0.25) is 0 Å². The minimum atomic E-state index is 0.632. The van der Waals surface area contributed by atoms with Crippen molar-refractivity contribution in [2.24, 2.45) is 0 Å². The molecule has 0 atom stereocenters. The molecule has 1 N–H and O–H groups in total. The summed E-state index contributed by atoms with van der Waals surface area (Å²) in [7, 11) is 0. The number of aryl methyl sites for hydroxylation is 1.